The van der Waals surface area contributed by atoms with Gasteiger partial charge in [-0.25, -0.2) is 0 Å². The van der Waals surface area contributed by atoms with Crippen molar-refractivity contribution in [3.63, 3.8) is 0 Å². The van der Waals surface area contributed by atoms with Gasteiger partial charge in [0, 0.05) is 37.3 Å². The van der Waals surface area contributed by atoms with Gasteiger partial charge >= 0.3 is 0 Å². The Morgan fingerprint density at radius 2 is 1.88 bits per heavy atom. The number of aromatic nitrogens is 1. The Hall–Kier alpha value is -2.79. The standard InChI is InChI=1S/C19H20N2O3/c1-23-14-12-21(15-18-5-4-13-24-18)19(22)16-6-8-17(9-7-16)20-10-2-3-11-20/h2-11,13H,12,14-15H2,1H3. The highest BCUT2D eigenvalue weighted by Crippen LogP contribution is 2.14. The largest absolute Gasteiger partial charge is 0.467 e. The van der Waals surface area contributed by atoms with Crippen LogP contribution in [0.15, 0.2) is 71.6 Å². The van der Waals surface area contributed by atoms with Crippen molar-refractivity contribution in [2.75, 3.05) is 20.3 Å². The summed E-state index contributed by atoms with van der Waals surface area (Å²) in [5.41, 5.74) is 1.67. The zero-order valence-corrected chi connectivity index (χ0v) is 13.6. The number of carbonyl (C=O) groups is 1. The quantitative estimate of drug-likeness (QED) is 0.669. The highest BCUT2D eigenvalue weighted by Gasteiger charge is 2.17. The van der Waals surface area contributed by atoms with Crippen LogP contribution in [0.2, 0.25) is 0 Å². The molecular formula is C19H20N2O3. The molecule has 5 heteroatoms. The van der Waals surface area contributed by atoms with E-state index < -0.39 is 0 Å². The number of rotatable bonds is 7. The molecular weight excluding hydrogens is 304 g/mol. The molecule has 24 heavy (non-hydrogen) atoms. The lowest BCUT2D eigenvalue weighted by Gasteiger charge is -2.21. The summed E-state index contributed by atoms with van der Waals surface area (Å²) in [6, 6.07) is 15.2. The SMILES string of the molecule is COCCN(Cc1ccco1)C(=O)c1ccc(-n2cccc2)cc1. The Balaban J connectivity index is 1.75. The number of benzene rings is 1. The molecule has 0 aliphatic heterocycles. The number of hydrogen-bond acceptors (Lipinski definition) is 3. The molecule has 2 heterocycles. The van der Waals surface area contributed by atoms with Crippen molar-refractivity contribution in [2.24, 2.45) is 0 Å². The molecule has 124 valence electrons. The fourth-order valence-electron chi connectivity index (χ4n) is 2.51. The Labute approximate surface area is 141 Å². The minimum Gasteiger partial charge on any atom is -0.467 e. The van der Waals surface area contributed by atoms with Gasteiger partial charge in [0.15, 0.2) is 0 Å². The lowest BCUT2D eigenvalue weighted by Crippen LogP contribution is -2.33. The Bertz CT molecular complexity index is 747. The van der Waals surface area contributed by atoms with Crippen LogP contribution in [0.25, 0.3) is 5.69 Å². The smallest absolute Gasteiger partial charge is 0.254 e. The van der Waals surface area contributed by atoms with Crippen molar-refractivity contribution < 1.29 is 13.9 Å². The third-order valence-electron chi connectivity index (χ3n) is 3.80. The normalized spacial score (nSPS) is 10.7. The molecule has 0 radical (unpaired) electrons. The van der Waals surface area contributed by atoms with E-state index in [2.05, 4.69) is 0 Å². The predicted octanol–water partition coefficient (Wildman–Crippen LogP) is 3.36. The minimum absolute atomic E-state index is 0.0393. The van der Waals surface area contributed by atoms with Gasteiger partial charge in [-0.1, -0.05) is 0 Å². The molecule has 0 unspecified atom stereocenters. The van der Waals surface area contributed by atoms with Crippen LogP contribution in [-0.4, -0.2) is 35.6 Å². The highest BCUT2D eigenvalue weighted by atomic mass is 16.5. The molecule has 0 N–H and O–H groups in total. The summed E-state index contributed by atoms with van der Waals surface area (Å²) in [4.78, 5) is 14.5. The maximum atomic E-state index is 12.8. The number of furan rings is 1. The van der Waals surface area contributed by atoms with Gasteiger partial charge in [0.25, 0.3) is 5.91 Å². The van der Waals surface area contributed by atoms with Crippen molar-refractivity contribution in [3.05, 3.63) is 78.5 Å². The van der Waals surface area contributed by atoms with Crippen LogP contribution in [0.5, 0.6) is 0 Å². The molecule has 5 nitrogen and oxygen atoms in total. The molecule has 1 amide bonds. The van der Waals surface area contributed by atoms with Crippen molar-refractivity contribution in [2.45, 2.75) is 6.54 Å². The number of nitrogens with zero attached hydrogens (tertiary/aromatic N) is 2. The first-order valence-electron chi connectivity index (χ1n) is 7.82. The summed E-state index contributed by atoms with van der Waals surface area (Å²) in [7, 11) is 1.63. The maximum absolute atomic E-state index is 12.8. The van der Waals surface area contributed by atoms with Gasteiger partial charge in [-0.05, 0) is 48.5 Å². The van der Waals surface area contributed by atoms with Gasteiger partial charge in [-0.15, -0.1) is 0 Å². The molecule has 0 bridgehead atoms. The Morgan fingerprint density at radius 3 is 2.50 bits per heavy atom. The molecule has 0 fully saturated rings. The van der Waals surface area contributed by atoms with Crippen molar-refractivity contribution in [3.8, 4) is 5.69 Å². The first-order chi connectivity index (χ1) is 11.8. The third-order valence-corrected chi connectivity index (χ3v) is 3.80. The first kappa shape index (κ1) is 16.1. The summed E-state index contributed by atoms with van der Waals surface area (Å²) < 4.78 is 12.5. The van der Waals surface area contributed by atoms with E-state index in [1.54, 1.807) is 18.3 Å². The molecule has 3 aromatic rings. The first-order valence-corrected chi connectivity index (χ1v) is 7.82. The van der Waals surface area contributed by atoms with Gasteiger partial charge in [0.05, 0.1) is 19.4 Å². The average Bonchev–Trinajstić information content (AvgIpc) is 3.32. The van der Waals surface area contributed by atoms with E-state index in [0.29, 0.717) is 25.3 Å². The van der Waals surface area contributed by atoms with E-state index in [0.717, 1.165) is 11.4 Å². The second-order valence-corrected chi connectivity index (χ2v) is 5.44. The van der Waals surface area contributed by atoms with Crippen LogP contribution in [-0.2, 0) is 11.3 Å². The average molecular weight is 324 g/mol. The Kier molecular flexibility index (Phi) is 5.13. The van der Waals surface area contributed by atoms with Crippen LogP contribution < -0.4 is 0 Å². The zero-order chi connectivity index (χ0) is 16.8. The van der Waals surface area contributed by atoms with E-state index >= 15 is 0 Å². The van der Waals surface area contributed by atoms with Gasteiger partial charge in [0.2, 0.25) is 0 Å². The van der Waals surface area contributed by atoms with Crippen LogP contribution in [0.4, 0.5) is 0 Å². The third kappa shape index (κ3) is 3.75. The fourth-order valence-corrected chi connectivity index (χ4v) is 2.51. The predicted molar refractivity (Wildman–Crippen MR) is 91.1 cm³/mol. The van der Waals surface area contributed by atoms with Crippen molar-refractivity contribution in [1.29, 1.82) is 0 Å². The minimum atomic E-state index is -0.0393. The molecule has 0 saturated heterocycles. The van der Waals surface area contributed by atoms with Crippen LogP contribution in [0, 0.1) is 0 Å². The highest BCUT2D eigenvalue weighted by molar-refractivity contribution is 5.94. The van der Waals surface area contributed by atoms with E-state index in [-0.39, 0.29) is 5.91 Å². The van der Waals surface area contributed by atoms with E-state index in [1.165, 1.54) is 0 Å². The number of ether oxygens (including phenoxy) is 1. The number of methoxy groups -OCH3 is 1. The molecule has 0 aliphatic rings. The van der Waals surface area contributed by atoms with E-state index in [1.807, 2.05) is 65.5 Å². The summed E-state index contributed by atoms with van der Waals surface area (Å²) in [6.07, 6.45) is 5.55. The number of hydrogen-bond donors (Lipinski definition) is 0. The molecule has 1 aromatic carbocycles. The van der Waals surface area contributed by atoms with E-state index in [4.69, 9.17) is 9.15 Å². The topological polar surface area (TPSA) is 47.6 Å². The molecule has 3 rings (SSSR count). The van der Waals surface area contributed by atoms with Gasteiger partial charge in [0.1, 0.15) is 5.76 Å². The molecule has 0 spiro atoms. The number of carbonyl (C=O) groups excluding carboxylic acids is 1. The van der Waals surface area contributed by atoms with Gasteiger partial charge < -0.3 is 18.6 Å². The van der Waals surface area contributed by atoms with Crippen molar-refractivity contribution in [1.82, 2.24) is 9.47 Å². The second-order valence-electron chi connectivity index (χ2n) is 5.44. The summed E-state index contributed by atoms with van der Waals surface area (Å²) >= 11 is 0. The van der Waals surface area contributed by atoms with Crippen LogP contribution in [0.3, 0.4) is 0 Å². The summed E-state index contributed by atoms with van der Waals surface area (Å²) in [5, 5.41) is 0. The lowest BCUT2D eigenvalue weighted by atomic mass is 10.1. The maximum Gasteiger partial charge on any atom is 0.254 e. The van der Waals surface area contributed by atoms with Crippen molar-refractivity contribution >= 4 is 5.91 Å². The lowest BCUT2D eigenvalue weighted by molar-refractivity contribution is 0.0666. The monoisotopic (exact) mass is 324 g/mol. The summed E-state index contributed by atoms with van der Waals surface area (Å²) in [6.45, 7) is 1.41. The van der Waals surface area contributed by atoms with Crippen LogP contribution >= 0.6 is 0 Å². The Morgan fingerprint density at radius 1 is 1.12 bits per heavy atom. The van der Waals surface area contributed by atoms with Gasteiger partial charge in [-0.3, -0.25) is 4.79 Å². The zero-order valence-electron chi connectivity index (χ0n) is 13.6. The molecule has 2 aromatic heterocycles. The molecule has 0 aliphatic carbocycles. The number of amides is 1. The second kappa shape index (κ2) is 7.66. The van der Waals surface area contributed by atoms with Crippen LogP contribution in [0.1, 0.15) is 16.1 Å². The van der Waals surface area contributed by atoms with E-state index in [9.17, 15) is 4.79 Å². The molecule has 0 saturated carbocycles. The summed E-state index contributed by atoms with van der Waals surface area (Å²) in [5.74, 6) is 0.714. The molecule has 0 atom stereocenters. The van der Waals surface area contributed by atoms with Gasteiger partial charge in [-0.2, -0.15) is 0 Å². The fraction of sp³-hybridized carbons (Fsp3) is 0.211.